The molecule has 3 N–H and O–H groups in total. The van der Waals surface area contributed by atoms with Crippen LogP contribution in [0.5, 0.6) is 0 Å². The van der Waals surface area contributed by atoms with Gasteiger partial charge in [0.2, 0.25) is 5.91 Å². The van der Waals surface area contributed by atoms with Crippen LogP contribution >= 0.6 is 0 Å². The van der Waals surface area contributed by atoms with Crippen molar-refractivity contribution >= 4 is 5.91 Å². The van der Waals surface area contributed by atoms with E-state index >= 15 is 0 Å². The fourth-order valence-corrected chi connectivity index (χ4v) is 1.58. The van der Waals surface area contributed by atoms with Gasteiger partial charge in [-0.05, 0) is 19.3 Å². The Hall–Kier alpha value is -0.750. The van der Waals surface area contributed by atoms with Crippen molar-refractivity contribution in [1.29, 1.82) is 0 Å². The van der Waals surface area contributed by atoms with E-state index in [-0.39, 0.29) is 12.5 Å². The second kappa shape index (κ2) is 9.22. The first-order valence-corrected chi connectivity index (χ1v) is 6.38. The molecule has 108 valence electrons. The summed E-state index contributed by atoms with van der Waals surface area (Å²) < 4.78 is 24.8. The minimum Gasteiger partial charge on any atom is -0.355 e. The van der Waals surface area contributed by atoms with Gasteiger partial charge in [-0.25, -0.2) is 8.78 Å². The number of carbonyl (C=O) groups excluding carboxylic acids is 1. The fourth-order valence-electron chi connectivity index (χ4n) is 1.58. The maximum absolute atomic E-state index is 12.4. The molecule has 0 saturated heterocycles. The SMILES string of the molecule is CC(C)CCNC(=O)C(C)N(CCN)CC(F)F. The molecule has 0 bridgehead atoms. The van der Waals surface area contributed by atoms with Crippen molar-refractivity contribution < 1.29 is 13.6 Å². The number of hydrogen-bond donors (Lipinski definition) is 2. The minimum atomic E-state index is -2.46. The van der Waals surface area contributed by atoms with Gasteiger partial charge < -0.3 is 11.1 Å². The summed E-state index contributed by atoms with van der Waals surface area (Å²) in [4.78, 5) is 13.2. The second-order valence-corrected chi connectivity index (χ2v) is 4.82. The molecule has 6 heteroatoms. The highest BCUT2D eigenvalue weighted by Crippen LogP contribution is 2.04. The largest absolute Gasteiger partial charge is 0.355 e. The average Bonchev–Trinajstić information content (AvgIpc) is 2.26. The molecule has 0 aromatic heterocycles. The van der Waals surface area contributed by atoms with Crippen molar-refractivity contribution in [3.8, 4) is 0 Å². The third kappa shape index (κ3) is 7.55. The molecule has 0 aliphatic heterocycles. The summed E-state index contributed by atoms with van der Waals surface area (Å²) in [7, 11) is 0. The Kier molecular flexibility index (Phi) is 8.83. The van der Waals surface area contributed by atoms with Gasteiger partial charge in [-0.1, -0.05) is 13.8 Å². The molecule has 0 fully saturated rings. The Morgan fingerprint density at radius 1 is 1.33 bits per heavy atom. The molecule has 0 saturated carbocycles. The zero-order valence-electron chi connectivity index (χ0n) is 11.5. The molecule has 1 amide bonds. The zero-order chi connectivity index (χ0) is 14.1. The first kappa shape index (κ1) is 17.2. The van der Waals surface area contributed by atoms with Gasteiger partial charge in [0.15, 0.2) is 0 Å². The number of nitrogens with zero attached hydrogens (tertiary/aromatic N) is 1. The molecule has 1 unspecified atom stereocenters. The monoisotopic (exact) mass is 265 g/mol. The topological polar surface area (TPSA) is 58.4 Å². The van der Waals surface area contributed by atoms with Crippen LogP contribution in [-0.4, -0.2) is 49.5 Å². The number of carbonyl (C=O) groups is 1. The number of alkyl halides is 2. The number of halogens is 2. The van der Waals surface area contributed by atoms with Crippen LogP contribution in [-0.2, 0) is 4.79 Å². The van der Waals surface area contributed by atoms with Crippen LogP contribution in [0.25, 0.3) is 0 Å². The number of rotatable bonds is 9. The molecule has 18 heavy (non-hydrogen) atoms. The molecule has 0 rings (SSSR count). The molecule has 0 spiro atoms. The summed E-state index contributed by atoms with van der Waals surface area (Å²) in [5.41, 5.74) is 5.36. The van der Waals surface area contributed by atoms with Crippen LogP contribution in [0.4, 0.5) is 8.78 Å². The predicted molar refractivity (Wildman–Crippen MR) is 68.6 cm³/mol. The lowest BCUT2D eigenvalue weighted by molar-refractivity contribution is -0.126. The summed E-state index contributed by atoms with van der Waals surface area (Å²) in [6.07, 6.45) is -1.58. The Bertz CT molecular complexity index is 237. The van der Waals surface area contributed by atoms with E-state index in [1.807, 2.05) is 0 Å². The van der Waals surface area contributed by atoms with Gasteiger partial charge in [0.05, 0.1) is 12.6 Å². The second-order valence-electron chi connectivity index (χ2n) is 4.82. The summed E-state index contributed by atoms with van der Waals surface area (Å²) >= 11 is 0. The minimum absolute atomic E-state index is 0.218. The van der Waals surface area contributed by atoms with Gasteiger partial charge in [0.25, 0.3) is 6.43 Å². The highest BCUT2D eigenvalue weighted by Gasteiger charge is 2.23. The molecule has 0 aromatic carbocycles. The van der Waals surface area contributed by atoms with Crippen LogP contribution in [0, 0.1) is 5.92 Å². The predicted octanol–water partition coefficient (Wildman–Crippen LogP) is 1.06. The lowest BCUT2D eigenvalue weighted by Crippen LogP contribution is -2.48. The number of amides is 1. The van der Waals surface area contributed by atoms with Gasteiger partial charge in [-0.2, -0.15) is 0 Å². The van der Waals surface area contributed by atoms with Crippen LogP contribution in [0.1, 0.15) is 27.2 Å². The highest BCUT2D eigenvalue weighted by atomic mass is 19.3. The van der Waals surface area contributed by atoms with Crippen LogP contribution in [0.3, 0.4) is 0 Å². The van der Waals surface area contributed by atoms with E-state index in [9.17, 15) is 13.6 Å². The molecule has 0 heterocycles. The zero-order valence-corrected chi connectivity index (χ0v) is 11.5. The molecule has 0 radical (unpaired) electrons. The van der Waals surface area contributed by atoms with Gasteiger partial charge in [0, 0.05) is 19.6 Å². The molecule has 1 atom stereocenters. The van der Waals surface area contributed by atoms with Crippen molar-refractivity contribution in [3.63, 3.8) is 0 Å². The molecule has 0 aliphatic carbocycles. The van der Waals surface area contributed by atoms with E-state index in [0.717, 1.165) is 6.42 Å². The van der Waals surface area contributed by atoms with Crippen LogP contribution < -0.4 is 11.1 Å². The highest BCUT2D eigenvalue weighted by molar-refractivity contribution is 5.81. The summed E-state index contributed by atoms with van der Waals surface area (Å²) in [6, 6.07) is -0.574. The Labute approximate surface area is 108 Å². The van der Waals surface area contributed by atoms with E-state index in [0.29, 0.717) is 19.0 Å². The van der Waals surface area contributed by atoms with Crippen LogP contribution in [0.2, 0.25) is 0 Å². The number of nitrogens with one attached hydrogen (secondary N) is 1. The van der Waals surface area contributed by atoms with E-state index < -0.39 is 19.0 Å². The van der Waals surface area contributed by atoms with Crippen LogP contribution in [0.15, 0.2) is 0 Å². The first-order chi connectivity index (χ1) is 8.38. The maximum Gasteiger partial charge on any atom is 0.251 e. The smallest absolute Gasteiger partial charge is 0.251 e. The molecule has 0 aliphatic rings. The van der Waals surface area contributed by atoms with Gasteiger partial charge >= 0.3 is 0 Å². The number of hydrogen-bond acceptors (Lipinski definition) is 3. The van der Waals surface area contributed by atoms with Crippen molar-refractivity contribution in [1.82, 2.24) is 10.2 Å². The van der Waals surface area contributed by atoms with Crippen molar-refractivity contribution in [2.45, 2.75) is 39.7 Å². The van der Waals surface area contributed by atoms with Crippen molar-refractivity contribution in [3.05, 3.63) is 0 Å². The van der Waals surface area contributed by atoms with Crippen molar-refractivity contribution in [2.24, 2.45) is 11.7 Å². The standard InChI is InChI=1S/C12H25F2N3O/c1-9(2)4-6-16-12(18)10(3)17(7-5-15)8-11(13)14/h9-11H,4-8,15H2,1-3H3,(H,16,18). The molecule has 4 nitrogen and oxygen atoms in total. The van der Waals surface area contributed by atoms with Gasteiger partial charge in [-0.15, -0.1) is 0 Å². The molecule has 0 aromatic rings. The lowest BCUT2D eigenvalue weighted by Gasteiger charge is -2.27. The van der Waals surface area contributed by atoms with E-state index in [2.05, 4.69) is 19.2 Å². The molecular formula is C12H25F2N3O. The third-order valence-electron chi connectivity index (χ3n) is 2.74. The summed E-state index contributed by atoms with van der Waals surface area (Å²) in [5.74, 6) is 0.284. The summed E-state index contributed by atoms with van der Waals surface area (Å²) in [6.45, 7) is 6.46. The van der Waals surface area contributed by atoms with E-state index in [1.165, 1.54) is 4.90 Å². The van der Waals surface area contributed by atoms with Gasteiger partial charge in [-0.3, -0.25) is 9.69 Å². The van der Waals surface area contributed by atoms with Gasteiger partial charge in [0.1, 0.15) is 0 Å². The fraction of sp³-hybridized carbons (Fsp3) is 0.917. The normalized spacial score (nSPS) is 13.4. The number of nitrogens with two attached hydrogens (primary N) is 1. The lowest BCUT2D eigenvalue weighted by atomic mass is 10.1. The Morgan fingerprint density at radius 2 is 1.94 bits per heavy atom. The summed E-state index contributed by atoms with van der Waals surface area (Å²) in [5, 5.41) is 2.76. The quantitative estimate of drug-likeness (QED) is 0.655. The van der Waals surface area contributed by atoms with E-state index in [1.54, 1.807) is 6.92 Å². The molecular weight excluding hydrogens is 240 g/mol. The Balaban J connectivity index is 4.19. The third-order valence-corrected chi connectivity index (χ3v) is 2.74. The maximum atomic E-state index is 12.4. The van der Waals surface area contributed by atoms with E-state index in [4.69, 9.17) is 5.73 Å². The Morgan fingerprint density at radius 3 is 2.39 bits per heavy atom. The first-order valence-electron chi connectivity index (χ1n) is 6.38. The average molecular weight is 265 g/mol. The van der Waals surface area contributed by atoms with Crippen molar-refractivity contribution in [2.75, 3.05) is 26.2 Å².